The molecule has 198 valence electrons. The number of hydrogen-bond donors (Lipinski definition) is 3. The topological polar surface area (TPSA) is 105 Å². The monoisotopic (exact) mass is 534 g/mol. The molecule has 3 N–H and O–H groups in total. The van der Waals surface area contributed by atoms with E-state index in [1.165, 1.54) is 0 Å². The Hall–Kier alpha value is -3.88. The van der Waals surface area contributed by atoms with Gasteiger partial charge in [0.2, 0.25) is 5.91 Å². The first-order chi connectivity index (χ1) is 18.2. The van der Waals surface area contributed by atoms with Crippen LogP contribution in [0.2, 0.25) is 5.02 Å². The molecule has 4 rings (SSSR count). The number of amides is 2. The normalized spacial score (nSPS) is 11.9. The Bertz CT molecular complexity index is 1430. The lowest BCUT2D eigenvalue weighted by Crippen LogP contribution is -2.45. The predicted octanol–water partition coefficient (Wildman–Crippen LogP) is 4.20. The molecule has 2 amide bonds. The third kappa shape index (κ3) is 6.70. The number of aliphatic hydroxyl groups is 1. The molecule has 2 aromatic carbocycles. The molecule has 38 heavy (non-hydrogen) atoms. The number of ether oxygens (including phenoxy) is 1. The Morgan fingerprint density at radius 1 is 1.13 bits per heavy atom. The minimum atomic E-state index is -0.624. The zero-order valence-corrected chi connectivity index (χ0v) is 22.3. The molecule has 1 atom stereocenters. The van der Waals surface area contributed by atoms with Crippen LogP contribution in [0.15, 0.2) is 67.0 Å². The van der Waals surface area contributed by atoms with Gasteiger partial charge in [0.1, 0.15) is 18.0 Å². The van der Waals surface area contributed by atoms with E-state index in [1.807, 2.05) is 74.0 Å². The smallest absolute Gasteiger partial charge is 0.251 e. The predicted molar refractivity (Wildman–Crippen MR) is 148 cm³/mol. The molecule has 8 nitrogen and oxygen atoms in total. The highest BCUT2D eigenvalue weighted by molar-refractivity contribution is 6.32. The lowest BCUT2D eigenvalue weighted by molar-refractivity contribution is -0.123. The van der Waals surface area contributed by atoms with Gasteiger partial charge in [-0.25, -0.2) is 4.98 Å². The number of carbonyl (C=O) groups excluding carboxylic acids is 2. The number of halogens is 1. The zero-order chi connectivity index (χ0) is 27.2. The summed E-state index contributed by atoms with van der Waals surface area (Å²) in [6.07, 6.45) is 4.38. The number of imidazole rings is 1. The number of hydrogen-bond acceptors (Lipinski definition) is 5. The molecular formula is C29H31ClN4O4. The summed E-state index contributed by atoms with van der Waals surface area (Å²) >= 11 is 6.31. The molecule has 2 heterocycles. The first kappa shape index (κ1) is 27.2. The lowest BCUT2D eigenvalue weighted by Gasteiger charge is -2.20. The number of pyridine rings is 1. The highest BCUT2D eigenvalue weighted by Gasteiger charge is 2.17. The zero-order valence-electron chi connectivity index (χ0n) is 21.6. The highest BCUT2D eigenvalue weighted by Crippen LogP contribution is 2.26. The van der Waals surface area contributed by atoms with Gasteiger partial charge in [0.05, 0.1) is 22.9 Å². The first-order valence-electron chi connectivity index (χ1n) is 12.4. The molecule has 4 aromatic rings. The van der Waals surface area contributed by atoms with Crippen molar-refractivity contribution in [2.24, 2.45) is 0 Å². The van der Waals surface area contributed by atoms with Gasteiger partial charge in [-0.05, 0) is 62.6 Å². The van der Waals surface area contributed by atoms with E-state index in [0.717, 1.165) is 28.0 Å². The van der Waals surface area contributed by atoms with E-state index in [9.17, 15) is 9.59 Å². The largest absolute Gasteiger partial charge is 0.489 e. The molecule has 1 unspecified atom stereocenters. The fourth-order valence-corrected chi connectivity index (χ4v) is 4.34. The SMILES string of the molecule is Cc1cccn2cc(-c3ccc(CC(CNC(=O)CO)NC(=O)c4ccc(OC(C)C)c(Cl)c4)cc3)nc12. The van der Waals surface area contributed by atoms with Crippen LogP contribution in [0.25, 0.3) is 16.9 Å². The third-order valence-electron chi connectivity index (χ3n) is 5.99. The average Bonchev–Trinajstić information content (AvgIpc) is 3.34. The summed E-state index contributed by atoms with van der Waals surface area (Å²) in [4.78, 5) is 29.4. The summed E-state index contributed by atoms with van der Waals surface area (Å²) in [7, 11) is 0. The number of rotatable bonds is 10. The second kappa shape index (κ2) is 12.1. The summed E-state index contributed by atoms with van der Waals surface area (Å²) in [5.41, 5.74) is 5.20. The average molecular weight is 535 g/mol. The van der Waals surface area contributed by atoms with E-state index < -0.39 is 18.6 Å². The number of nitrogens with zero attached hydrogens (tertiary/aromatic N) is 2. The number of nitrogens with one attached hydrogen (secondary N) is 2. The van der Waals surface area contributed by atoms with Gasteiger partial charge in [-0.3, -0.25) is 9.59 Å². The van der Waals surface area contributed by atoms with Gasteiger partial charge in [-0.15, -0.1) is 0 Å². The highest BCUT2D eigenvalue weighted by atomic mass is 35.5. The minimum absolute atomic E-state index is 0.0464. The molecule has 0 aliphatic carbocycles. The first-order valence-corrected chi connectivity index (χ1v) is 12.8. The Balaban J connectivity index is 1.48. The van der Waals surface area contributed by atoms with Crippen LogP contribution in [0.1, 0.15) is 35.3 Å². The maximum Gasteiger partial charge on any atom is 0.251 e. The molecule has 9 heteroatoms. The van der Waals surface area contributed by atoms with Crippen LogP contribution in [0.3, 0.4) is 0 Å². The van der Waals surface area contributed by atoms with Crippen LogP contribution in [0.4, 0.5) is 0 Å². The van der Waals surface area contributed by atoms with Crippen molar-refractivity contribution in [2.75, 3.05) is 13.2 Å². The van der Waals surface area contributed by atoms with E-state index in [2.05, 4.69) is 10.6 Å². The quantitative estimate of drug-likeness (QED) is 0.283. The van der Waals surface area contributed by atoms with E-state index in [-0.39, 0.29) is 18.6 Å². The molecule has 0 spiro atoms. The molecule has 0 fully saturated rings. The van der Waals surface area contributed by atoms with Crippen molar-refractivity contribution in [1.82, 2.24) is 20.0 Å². The molecule has 0 aliphatic rings. The van der Waals surface area contributed by atoms with Crippen molar-refractivity contribution in [3.8, 4) is 17.0 Å². The van der Waals surface area contributed by atoms with Crippen LogP contribution >= 0.6 is 11.6 Å². The van der Waals surface area contributed by atoms with Crippen molar-refractivity contribution in [3.63, 3.8) is 0 Å². The Kier molecular flexibility index (Phi) is 8.66. The van der Waals surface area contributed by atoms with Crippen LogP contribution in [0.5, 0.6) is 5.75 Å². The number of carbonyl (C=O) groups is 2. The maximum atomic E-state index is 13.0. The number of fused-ring (bicyclic) bond motifs is 1. The fraction of sp³-hybridized carbons (Fsp3) is 0.276. The van der Waals surface area contributed by atoms with Gasteiger partial charge in [0.25, 0.3) is 5.91 Å². The Morgan fingerprint density at radius 3 is 2.55 bits per heavy atom. The lowest BCUT2D eigenvalue weighted by atomic mass is 10.0. The number of aliphatic hydroxyl groups excluding tert-OH is 1. The molecule has 0 saturated heterocycles. The molecule has 0 bridgehead atoms. The summed E-state index contributed by atoms with van der Waals surface area (Å²) in [5.74, 6) is -0.339. The maximum absolute atomic E-state index is 13.0. The van der Waals surface area contributed by atoms with Gasteiger partial charge >= 0.3 is 0 Å². The summed E-state index contributed by atoms with van der Waals surface area (Å²) in [5, 5.41) is 15.0. The van der Waals surface area contributed by atoms with Crippen molar-refractivity contribution in [1.29, 1.82) is 0 Å². The summed E-state index contributed by atoms with van der Waals surface area (Å²) in [6.45, 7) is 5.35. The Labute approximate surface area is 226 Å². The van der Waals surface area contributed by atoms with Crippen molar-refractivity contribution in [2.45, 2.75) is 39.3 Å². The molecule has 0 radical (unpaired) electrons. The Morgan fingerprint density at radius 2 is 1.89 bits per heavy atom. The van der Waals surface area contributed by atoms with Crippen LogP contribution in [-0.4, -0.2) is 51.6 Å². The van der Waals surface area contributed by atoms with E-state index in [0.29, 0.717) is 22.8 Å². The van der Waals surface area contributed by atoms with E-state index in [4.69, 9.17) is 26.4 Å². The number of aryl methyl sites for hydroxylation is 1. The van der Waals surface area contributed by atoms with Gasteiger partial charge in [0, 0.05) is 30.1 Å². The number of aromatic nitrogens is 2. The van der Waals surface area contributed by atoms with E-state index >= 15 is 0 Å². The third-order valence-corrected chi connectivity index (χ3v) is 6.29. The molecular weight excluding hydrogens is 504 g/mol. The molecule has 0 aliphatic heterocycles. The van der Waals surface area contributed by atoms with Crippen molar-refractivity contribution in [3.05, 3.63) is 88.7 Å². The summed E-state index contributed by atoms with van der Waals surface area (Å²) < 4.78 is 7.64. The second-order valence-electron chi connectivity index (χ2n) is 9.39. The fourth-order valence-electron chi connectivity index (χ4n) is 4.12. The van der Waals surface area contributed by atoms with Crippen molar-refractivity contribution >= 4 is 29.1 Å². The molecule has 0 saturated carbocycles. The van der Waals surface area contributed by atoms with Gasteiger partial charge in [0.15, 0.2) is 0 Å². The summed E-state index contributed by atoms with van der Waals surface area (Å²) in [6, 6.07) is 16.4. The van der Waals surface area contributed by atoms with E-state index in [1.54, 1.807) is 18.2 Å². The van der Waals surface area contributed by atoms with Gasteiger partial charge < -0.3 is 24.9 Å². The standard InChI is InChI=1S/C29H31ClN4O4/c1-18(2)38-26-11-10-22(14-24(26)30)29(37)32-23(15-31-27(36)17-35)13-20-6-8-21(9-7-20)25-16-34-12-4-5-19(3)28(34)33-25/h4-12,14,16,18,23,35H,13,15,17H2,1-3H3,(H,31,36)(H,32,37). The van der Waals surface area contributed by atoms with Gasteiger partial charge in [-0.2, -0.15) is 0 Å². The molecule has 2 aromatic heterocycles. The second-order valence-corrected chi connectivity index (χ2v) is 9.80. The van der Waals surface area contributed by atoms with Crippen molar-refractivity contribution < 1.29 is 19.4 Å². The van der Waals surface area contributed by atoms with Crippen LogP contribution in [-0.2, 0) is 11.2 Å². The van der Waals surface area contributed by atoms with Crippen LogP contribution < -0.4 is 15.4 Å². The van der Waals surface area contributed by atoms with Gasteiger partial charge in [-0.1, -0.05) is 41.9 Å². The minimum Gasteiger partial charge on any atom is -0.489 e. The van der Waals surface area contributed by atoms with Crippen LogP contribution in [0, 0.1) is 6.92 Å². The number of benzene rings is 2.